The molecule has 0 aliphatic rings. The summed E-state index contributed by atoms with van der Waals surface area (Å²) < 4.78 is 0. The van der Waals surface area contributed by atoms with Gasteiger partial charge in [0.2, 0.25) is 5.95 Å². The first-order chi connectivity index (χ1) is 9.22. The normalized spacial score (nSPS) is 10.7. The molecule has 0 radical (unpaired) electrons. The van der Waals surface area contributed by atoms with Crippen molar-refractivity contribution >= 4 is 22.5 Å². The van der Waals surface area contributed by atoms with E-state index in [1.54, 1.807) is 18.2 Å². The van der Waals surface area contributed by atoms with Crippen LogP contribution in [0.15, 0.2) is 23.0 Å². The van der Waals surface area contributed by atoms with Crippen LogP contribution in [0.1, 0.15) is 5.82 Å². The Morgan fingerprint density at radius 3 is 3.05 bits per heavy atom. The highest BCUT2D eigenvalue weighted by molar-refractivity contribution is 5.81. The average molecular weight is 258 g/mol. The predicted molar refractivity (Wildman–Crippen MR) is 68.3 cm³/mol. The summed E-state index contributed by atoms with van der Waals surface area (Å²) in [4.78, 5) is 18.8. The first kappa shape index (κ1) is 11.1. The molecule has 3 aromatic rings. The number of tetrazole rings is 1. The predicted octanol–water partition coefficient (Wildman–Crippen LogP) is -0.370. The van der Waals surface area contributed by atoms with Gasteiger partial charge in [-0.2, -0.15) is 5.21 Å². The molecule has 0 atom stereocenters. The summed E-state index contributed by atoms with van der Waals surface area (Å²) in [5.41, 5.74) is 6.46. The highest BCUT2D eigenvalue weighted by Crippen LogP contribution is 2.12. The van der Waals surface area contributed by atoms with Crippen LogP contribution in [-0.2, 0) is 6.54 Å². The minimum atomic E-state index is -0.257. The molecule has 0 saturated heterocycles. The number of rotatable bonds is 3. The molecule has 5 N–H and O–H groups in total. The summed E-state index contributed by atoms with van der Waals surface area (Å²) in [6, 6.07) is 4.97. The third-order valence-corrected chi connectivity index (χ3v) is 2.53. The number of nitrogen functional groups attached to an aromatic ring is 1. The van der Waals surface area contributed by atoms with Crippen LogP contribution in [-0.4, -0.2) is 30.6 Å². The number of benzene rings is 1. The topological polar surface area (TPSA) is 138 Å². The fourth-order valence-electron chi connectivity index (χ4n) is 1.66. The highest BCUT2D eigenvalue weighted by Gasteiger charge is 2.05. The number of aromatic nitrogens is 6. The van der Waals surface area contributed by atoms with Gasteiger partial charge in [0.05, 0.1) is 17.4 Å². The lowest BCUT2D eigenvalue weighted by Gasteiger charge is -2.04. The second-order valence-electron chi connectivity index (χ2n) is 3.87. The third-order valence-electron chi connectivity index (χ3n) is 2.53. The lowest BCUT2D eigenvalue weighted by atomic mass is 10.2. The number of fused-ring (bicyclic) bond motifs is 1. The maximum absolute atomic E-state index is 11.9. The van der Waals surface area contributed by atoms with E-state index >= 15 is 0 Å². The van der Waals surface area contributed by atoms with Crippen molar-refractivity contribution in [1.82, 2.24) is 30.6 Å². The van der Waals surface area contributed by atoms with Crippen molar-refractivity contribution in [2.45, 2.75) is 6.54 Å². The molecule has 0 bridgehead atoms. The Hall–Kier alpha value is -2.97. The van der Waals surface area contributed by atoms with Gasteiger partial charge in [0.15, 0.2) is 5.82 Å². The Bertz CT molecular complexity index is 763. The van der Waals surface area contributed by atoms with Gasteiger partial charge in [0.25, 0.3) is 5.56 Å². The molecule has 0 fully saturated rings. The first-order valence-electron chi connectivity index (χ1n) is 5.48. The average Bonchev–Trinajstić information content (AvgIpc) is 2.90. The first-order valence-corrected chi connectivity index (χ1v) is 5.48. The molecular weight excluding hydrogens is 248 g/mol. The summed E-state index contributed by atoms with van der Waals surface area (Å²) in [6.45, 7) is 0.305. The monoisotopic (exact) mass is 258 g/mol. The van der Waals surface area contributed by atoms with Crippen molar-refractivity contribution in [3.05, 3.63) is 34.4 Å². The van der Waals surface area contributed by atoms with Gasteiger partial charge in [-0.3, -0.25) is 9.78 Å². The van der Waals surface area contributed by atoms with E-state index in [4.69, 9.17) is 5.73 Å². The second kappa shape index (κ2) is 4.37. The number of nitrogens with two attached hydrogens (primary N) is 1. The third kappa shape index (κ3) is 2.20. The second-order valence-corrected chi connectivity index (χ2v) is 3.87. The van der Waals surface area contributed by atoms with Crippen LogP contribution in [0.2, 0.25) is 0 Å². The summed E-state index contributed by atoms with van der Waals surface area (Å²) in [5.74, 6) is 0.812. The van der Waals surface area contributed by atoms with Crippen LogP contribution in [0.4, 0.5) is 11.6 Å². The zero-order chi connectivity index (χ0) is 13.2. The minimum absolute atomic E-state index is 0.257. The lowest BCUT2D eigenvalue weighted by molar-refractivity contribution is 0.881. The van der Waals surface area contributed by atoms with Gasteiger partial charge in [-0.15, -0.1) is 10.2 Å². The molecule has 0 amide bonds. The van der Waals surface area contributed by atoms with Gasteiger partial charge in [0, 0.05) is 5.69 Å². The molecule has 0 aliphatic carbocycles. The van der Waals surface area contributed by atoms with Gasteiger partial charge in [-0.1, -0.05) is 5.21 Å². The Balaban J connectivity index is 1.93. The summed E-state index contributed by atoms with van der Waals surface area (Å²) >= 11 is 0. The zero-order valence-electron chi connectivity index (χ0n) is 9.71. The van der Waals surface area contributed by atoms with E-state index in [0.29, 0.717) is 34.9 Å². The van der Waals surface area contributed by atoms with E-state index < -0.39 is 0 Å². The van der Waals surface area contributed by atoms with Gasteiger partial charge in [-0.05, 0) is 18.2 Å². The van der Waals surface area contributed by atoms with Crippen LogP contribution in [0.5, 0.6) is 0 Å². The maximum Gasteiger partial charge on any atom is 0.260 e. The van der Waals surface area contributed by atoms with E-state index in [2.05, 4.69) is 35.9 Å². The molecule has 9 heteroatoms. The number of nitrogens with zero attached hydrogens (tertiary/aromatic N) is 4. The van der Waals surface area contributed by atoms with Crippen LogP contribution < -0.4 is 16.6 Å². The molecule has 2 heterocycles. The number of nitrogens with one attached hydrogen (secondary N) is 3. The molecule has 3 rings (SSSR count). The Labute approximate surface area is 106 Å². The van der Waals surface area contributed by atoms with E-state index in [-0.39, 0.29) is 5.56 Å². The van der Waals surface area contributed by atoms with Crippen molar-refractivity contribution in [2.75, 3.05) is 11.1 Å². The molecule has 0 spiro atoms. The van der Waals surface area contributed by atoms with Gasteiger partial charge in [-0.25, -0.2) is 4.98 Å². The van der Waals surface area contributed by atoms with E-state index in [1.165, 1.54) is 0 Å². The van der Waals surface area contributed by atoms with Crippen LogP contribution >= 0.6 is 0 Å². The van der Waals surface area contributed by atoms with Crippen molar-refractivity contribution in [3.63, 3.8) is 0 Å². The quantitative estimate of drug-likeness (QED) is 0.470. The Kier molecular flexibility index (Phi) is 2.56. The highest BCUT2D eigenvalue weighted by atomic mass is 16.1. The number of H-pyrrole nitrogens is 2. The molecule has 9 nitrogen and oxygen atoms in total. The van der Waals surface area contributed by atoms with E-state index in [1.807, 2.05) is 0 Å². The van der Waals surface area contributed by atoms with Crippen LogP contribution in [0, 0.1) is 0 Å². The SMILES string of the molecule is Nc1ccc2nc(NCc3nn[nH]n3)[nH]c(=O)c2c1. The zero-order valence-corrected chi connectivity index (χ0v) is 9.71. The van der Waals surface area contributed by atoms with Crippen molar-refractivity contribution < 1.29 is 0 Å². The molecule has 1 aromatic carbocycles. The molecule has 96 valence electrons. The van der Waals surface area contributed by atoms with Gasteiger partial charge in [0.1, 0.15) is 0 Å². The molecule has 0 unspecified atom stereocenters. The number of aromatic amines is 2. The van der Waals surface area contributed by atoms with Gasteiger partial charge >= 0.3 is 0 Å². The minimum Gasteiger partial charge on any atom is -0.399 e. The Morgan fingerprint density at radius 1 is 1.37 bits per heavy atom. The molecule has 0 aliphatic heterocycles. The number of anilines is 2. The molecule has 0 saturated carbocycles. The molecule has 2 aromatic heterocycles. The molecular formula is C10H10N8O. The van der Waals surface area contributed by atoms with Crippen molar-refractivity contribution in [1.29, 1.82) is 0 Å². The lowest BCUT2D eigenvalue weighted by Crippen LogP contribution is -2.13. The van der Waals surface area contributed by atoms with E-state index in [0.717, 1.165) is 0 Å². The summed E-state index contributed by atoms with van der Waals surface area (Å²) in [7, 11) is 0. The Morgan fingerprint density at radius 2 is 2.26 bits per heavy atom. The standard InChI is InChI=1S/C10H10N8O/c11-5-1-2-7-6(3-5)9(19)14-10(13-7)12-4-8-15-17-18-16-8/h1-3H,4,11H2,(H2,12,13,14,19)(H,15,16,17,18). The van der Waals surface area contributed by atoms with Gasteiger partial charge < -0.3 is 11.1 Å². The van der Waals surface area contributed by atoms with Crippen LogP contribution in [0.25, 0.3) is 10.9 Å². The fourth-order valence-corrected chi connectivity index (χ4v) is 1.66. The maximum atomic E-state index is 11.9. The number of hydrogen-bond donors (Lipinski definition) is 4. The van der Waals surface area contributed by atoms with E-state index in [9.17, 15) is 4.79 Å². The smallest absolute Gasteiger partial charge is 0.260 e. The van der Waals surface area contributed by atoms with Crippen LogP contribution in [0.3, 0.4) is 0 Å². The number of hydrogen-bond acceptors (Lipinski definition) is 7. The fraction of sp³-hybridized carbons (Fsp3) is 0.100. The largest absolute Gasteiger partial charge is 0.399 e. The van der Waals surface area contributed by atoms with Crippen molar-refractivity contribution in [2.24, 2.45) is 0 Å². The summed E-state index contributed by atoms with van der Waals surface area (Å²) in [6.07, 6.45) is 0. The molecule has 19 heavy (non-hydrogen) atoms. The summed E-state index contributed by atoms with van der Waals surface area (Å²) in [5, 5.41) is 16.7. The van der Waals surface area contributed by atoms with Crippen molar-refractivity contribution in [3.8, 4) is 0 Å².